The highest BCUT2D eigenvalue weighted by atomic mass is 15.1. The van der Waals surface area contributed by atoms with Crippen LogP contribution in [0.2, 0.25) is 0 Å². The molecule has 0 aliphatic carbocycles. The van der Waals surface area contributed by atoms with Crippen LogP contribution in [0.1, 0.15) is 18.4 Å². The molecular formula is C16H20N2. The van der Waals surface area contributed by atoms with Gasteiger partial charge >= 0.3 is 0 Å². The van der Waals surface area contributed by atoms with Gasteiger partial charge in [0.2, 0.25) is 0 Å². The molecule has 0 saturated carbocycles. The van der Waals surface area contributed by atoms with Gasteiger partial charge in [-0.05, 0) is 35.7 Å². The Morgan fingerprint density at radius 1 is 1.11 bits per heavy atom. The van der Waals surface area contributed by atoms with Gasteiger partial charge in [-0.15, -0.1) is 0 Å². The number of nitrogens with zero attached hydrogens (tertiary/aromatic N) is 1. The third-order valence-corrected chi connectivity index (χ3v) is 3.82. The molecule has 0 amide bonds. The van der Waals surface area contributed by atoms with Crippen molar-refractivity contribution in [2.24, 2.45) is 5.73 Å². The molecule has 2 heteroatoms. The van der Waals surface area contributed by atoms with Gasteiger partial charge < -0.3 is 5.73 Å². The third kappa shape index (κ3) is 2.40. The minimum absolute atomic E-state index is 0.355. The summed E-state index contributed by atoms with van der Waals surface area (Å²) < 4.78 is 0. The second kappa shape index (κ2) is 5.09. The van der Waals surface area contributed by atoms with Crippen LogP contribution in [0.25, 0.3) is 10.8 Å². The number of piperidine rings is 1. The molecule has 0 spiro atoms. The van der Waals surface area contributed by atoms with E-state index in [4.69, 9.17) is 5.73 Å². The Hall–Kier alpha value is -1.38. The molecule has 0 radical (unpaired) electrons. The van der Waals surface area contributed by atoms with E-state index in [1.807, 2.05) is 0 Å². The van der Waals surface area contributed by atoms with E-state index in [0.717, 1.165) is 13.1 Å². The summed E-state index contributed by atoms with van der Waals surface area (Å²) in [4.78, 5) is 2.48. The quantitative estimate of drug-likeness (QED) is 0.874. The van der Waals surface area contributed by atoms with Crippen LogP contribution >= 0.6 is 0 Å². The number of hydrogen-bond acceptors (Lipinski definition) is 2. The van der Waals surface area contributed by atoms with Crippen molar-refractivity contribution in [1.82, 2.24) is 4.90 Å². The fraction of sp³-hybridized carbons (Fsp3) is 0.375. The summed E-state index contributed by atoms with van der Waals surface area (Å²) in [7, 11) is 0. The van der Waals surface area contributed by atoms with Gasteiger partial charge in [0.25, 0.3) is 0 Å². The second-order valence-corrected chi connectivity index (χ2v) is 5.28. The van der Waals surface area contributed by atoms with Gasteiger partial charge in [0, 0.05) is 19.1 Å². The molecular weight excluding hydrogens is 220 g/mol. The summed E-state index contributed by atoms with van der Waals surface area (Å²) in [5, 5.41) is 2.70. The zero-order valence-corrected chi connectivity index (χ0v) is 10.7. The lowest BCUT2D eigenvalue weighted by Crippen LogP contribution is -2.42. The molecule has 94 valence electrons. The first kappa shape index (κ1) is 11.7. The van der Waals surface area contributed by atoms with E-state index in [2.05, 4.69) is 47.4 Å². The maximum absolute atomic E-state index is 6.05. The summed E-state index contributed by atoms with van der Waals surface area (Å²) >= 11 is 0. The average Bonchev–Trinajstić information content (AvgIpc) is 2.39. The summed E-state index contributed by atoms with van der Waals surface area (Å²) in [6.07, 6.45) is 2.40. The van der Waals surface area contributed by atoms with E-state index in [-0.39, 0.29) is 0 Å². The topological polar surface area (TPSA) is 29.3 Å². The molecule has 1 atom stereocenters. The fourth-order valence-corrected chi connectivity index (χ4v) is 2.91. The summed E-state index contributed by atoms with van der Waals surface area (Å²) in [6.45, 7) is 3.23. The van der Waals surface area contributed by atoms with Crippen LogP contribution in [0.4, 0.5) is 0 Å². The van der Waals surface area contributed by atoms with Gasteiger partial charge in [-0.25, -0.2) is 0 Å². The fourth-order valence-electron chi connectivity index (χ4n) is 2.91. The minimum Gasteiger partial charge on any atom is -0.327 e. The third-order valence-electron chi connectivity index (χ3n) is 3.82. The van der Waals surface area contributed by atoms with E-state index in [1.165, 1.54) is 35.7 Å². The van der Waals surface area contributed by atoms with Crippen molar-refractivity contribution < 1.29 is 0 Å². The van der Waals surface area contributed by atoms with Crippen LogP contribution in [0.3, 0.4) is 0 Å². The average molecular weight is 240 g/mol. The zero-order chi connectivity index (χ0) is 12.4. The number of nitrogens with two attached hydrogens (primary N) is 1. The maximum Gasteiger partial charge on any atom is 0.0240 e. The second-order valence-electron chi connectivity index (χ2n) is 5.28. The standard InChI is InChI=1S/C16H20N2/c17-15-8-4-10-18(12-15)11-14-7-3-6-13-5-1-2-9-16(13)14/h1-3,5-7,9,15H,4,8,10-12,17H2/t15-/m1/s1. The molecule has 1 heterocycles. The predicted molar refractivity (Wildman–Crippen MR) is 76.4 cm³/mol. The molecule has 18 heavy (non-hydrogen) atoms. The lowest BCUT2D eigenvalue weighted by molar-refractivity contribution is 0.202. The van der Waals surface area contributed by atoms with E-state index < -0.39 is 0 Å². The SMILES string of the molecule is N[C@@H]1CCCN(Cc2cccc3ccccc23)C1. The molecule has 0 unspecified atom stereocenters. The molecule has 1 aliphatic heterocycles. The van der Waals surface area contributed by atoms with Crippen molar-refractivity contribution in [2.45, 2.75) is 25.4 Å². The first-order valence-corrected chi connectivity index (χ1v) is 6.77. The predicted octanol–water partition coefficient (Wildman–Crippen LogP) is 2.76. The molecule has 2 nitrogen and oxygen atoms in total. The summed E-state index contributed by atoms with van der Waals surface area (Å²) in [5.41, 5.74) is 7.47. The molecule has 3 rings (SSSR count). The summed E-state index contributed by atoms with van der Waals surface area (Å²) in [6, 6.07) is 15.5. The Balaban J connectivity index is 1.86. The van der Waals surface area contributed by atoms with E-state index in [1.54, 1.807) is 0 Å². The van der Waals surface area contributed by atoms with Gasteiger partial charge in [0.1, 0.15) is 0 Å². The minimum atomic E-state index is 0.355. The first-order chi connectivity index (χ1) is 8.83. The Kier molecular flexibility index (Phi) is 3.31. The number of likely N-dealkylation sites (tertiary alicyclic amines) is 1. The van der Waals surface area contributed by atoms with Crippen molar-refractivity contribution in [2.75, 3.05) is 13.1 Å². The van der Waals surface area contributed by atoms with Gasteiger partial charge in [-0.2, -0.15) is 0 Å². The van der Waals surface area contributed by atoms with Crippen LogP contribution in [-0.4, -0.2) is 24.0 Å². The van der Waals surface area contributed by atoms with E-state index in [0.29, 0.717) is 6.04 Å². The lowest BCUT2D eigenvalue weighted by atomic mass is 10.0. The normalized spacial score (nSPS) is 21.3. The molecule has 2 aromatic carbocycles. The Morgan fingerprint density at radius 3 is 2.83 bits per heavy atom. The molecule has 2 aromatic rings. The molecule has 1 fully saturated rings. The first-order valence-electron chi connectivity index (χ1n) is 6.77. The van der Waals surface area contributed by atoms with Crippen LogP contribution in [0.5, 0.6) is 0 Å². The van der Waals surface area contributed by atoms with Gasteiger partial charge in [0.15, 0.2) is 0 Å². The zero-order valence-electron chi connectivity index (χ0n) is 10.7. The number of benzene rings is 2. The van der Waals surface area contributed by atoms with Crippen molar-refractivity contribution >= 4 is 10.8 Å². The maximum atomic E-state index is 6.05. The Bertz CT molecular complexity index is 530. The molecule has 1 saturated heterocycles. The highest BCUT2D eigenvalue weighted by Gasteiger charge is 2.17. The lowest BCUT2D eigenvalue weighted by Gasteiger charge is -2.31. The largest absolute Gasteiger partial charge is 0.327 e. The van der Waals surface area contributed by atoms with Gasteiger partial charge in [0.05, 0.1) is 0 Å². The van der Waals surface area contributed by atoms with Crippen molar-refractivity contribution in [3.63, 3.8) is 0 Å². The van der Waals surface area contributed by atoms with Crippen LogP contribution in [0.15, 0.2) is 42.5 Å². The number of rotatable bonds is 2. The van der Waals surface area contributed by atoms with Crippen LogP contribution in [-0.2, 0) is 6.54 Å². The highest BCUT2D eigenvalue weighted by Crippen LogP contribution is 2.21. The van der Waals surface area contributed by atoms with E-state index >= 15 is 0 Å². The van der Waals surface area contributed by atoms with Crippen molar-refractivity contribution in [3.8, 4) is 0 Å². The van der Waals surface area contributed by atoms with Crippen molar-refractivity contribution in [1.29, 1.82) is 0 Å². The Labute approximate surface area is 108 Å². The molecule has 0 aromatic heterocycles. The molecule has 2 N–H and O–H groups in total. The van der Waals surface area contributed by atoms with Crippen LogP contribution < -0.4 is 5.73 Å². The van der Waals surface area contributed by atoms with Crippen molar-refractivity contribution in [3.05, 3.63) is 48.0 Å². The smallest absolute Gasteiger partial charge is 0.0240 e. The highest BCUT2D eigenvalue weighted by molar-refractivity contribution is 5.85. The summed E-state index contributed by atoms with van der Waals surface area (Å²) in [5.74, 6) is 0. The number of fused-ring (bicyclic) bond motifs is 1. The molecule has 1 aliphatic rings. The van der Waals surface area contributed by atoms with Crippen LogP contribution in [0, 0.1) is 0 Å². The van der Waals surface area contributed by atoms with Gasteiger partial charge in [-0.1, -0.05) is 42.5 Å². The monoisotopic (exact) mass is 240 g/mol. The Morgan fingerprint density at radius 2 is 1.94 bits per heavy atom. The number of hydrogen-bond donors (Lipinski definition) is 1. The molecule has 0 bridgehead atoms. The van der Waals surface area contributed by atoms with E-state index in [9.17, 15) is 0 Å². The van der Waals surface area contributed by atoms with Gasteiger partial charge in [-0.3, -0.25) is 4.90 Å².